The van der Waals surface area contributed by atoms with E-state index in [1.165, 1.54) is 21.9 Å². The van der Waals surface area contributed by atoms with Gasteiger partial charge >= 0.3 is 0 Å². The molecule has 0 spiro atoms. The first-order valence-corrected chi connectivity index (χ1v) is 19.3. The maximum absolute atomic E-state index is 14.4. The molecule has 0 fully saturated rings. The Bertz CT molecular complexity index is 1720. The Balaban J connectivity index is 1.62. The highest BCUT2D eigenvalue weighted by Gasteiger charge is 2.44. The maximum Gasteiger partial charge on any atom is 0.254 e. The molecule has 1 aliphatic rings. The summed E-state index contributed by atoms with van der Waals surface area (Å²) < 4.78 is 0. The number of amides is 4. The molecule has 0 radical (unpaired) electrons. The van der Waals surface area contributed by atoms with Crippen molar-refractivity contribution in [3.05, 3.63) is 89.0 Å². The van der Waals surface area contributed by atoms with Crippen LogP contribution in [-0.4, -0.2) is 107 Å². The lowest BCUT2D eigenvalue weighted by atomic mass is 9.79. The predicted octanol–water partition coefficient (Wildman–Crippen LogP) is 4.94. The molecule has 2 atom stereocenters. The minimum absolute atomic E-state index is 0.0658. The van der Waals surface area contributed by atoms with Crippen molar-refractivity contribution in [3.8, 4) is 11.5 Å². The van der Waals surface area contributed by atoms with Gasteiger partial charge in [0.05, 0.1) is 18.5 Å². The van der Waals surface area contributed by atoms with Crippen LogP contribution in [0.4, 0.5) is 5.69 Å². The lowest BCUT2D eigenvalue weighted by Crippen LogP contribution is -2.49. The number of aromatic hydroxyl groups is 2. The number of primary amides is 1. The first-order chi connectivity index (χ1) is 26.0. The molecule has 54 heavy (non-hydrogen) atoms. The average Bonchev–Trinajstić information content (AvgIpc) is 3.16. The van der Waals surface area contributed by atoms with Gasteiger partial charge in [-0.15, -0.1) is 0 Å². The first kappa shape index (κ1) is 41.7. The SMILES string of the molecule is CCCCN(CCCC)CCN(CC(N)=O)C(=O)CCN1C(=O)c2ccccc2C(C(=O)NCCN(CC)c2cccc(C)c2)C1c1ccc(O)c(O)c1. The van der Waals surface area contributed by atoms with Gasteiger partial charge in [-0.25, -0.2) is 0 Å². The third-order valence-electron chi connectivity index (χ3n) is 10.1. The molecule has 5 N–H and O–H groups in total. The van der Waals surface area contributed by atoms with Crippen LogP contribution in [0.1, 0.15) is 91.9 Å². The molecule has 2 unspecified atom stereocenters. The number of likely N-dealkylation sites (N-methyl/N-ethyl adjacent to an activating group) is 1. The number of fused-ring (bicyclic) bond motifs is 1. The fourth-order valence-corrected chi connectivity index (χ4v) is 7.15. The third kappa shape index (κ3) is 11.0. The van der Waals surface area contributed by atoms with Crippen molar-refractivity contribution in [2.24, 2.45) is 5.73 Å². The summed E-state index contributed by atoms with van der Waals surface area (Å²) in [5, 5.41) is 23.9. The Morgan fingerprint density at radius 3 is 2.22 bits per heavy atom. The number of nitrogens with zero attached hydrogens (tertiary/aromatic N) is 4. The number of rotatable bonds is 21. The molecular formula is C42H58N6O6. The molecule has 12 nitrogen and oxygen atoms in total. The van der Waals surface area contributed by atoms with Gasteiger partial charge in [-0.3, -0.25) is 19.2 Å². The first-order valence-electron chi connectivity index (χ1n) is 19.3. The van der Waals surface area contributed by atoms with Crippen LogP contribution in [-0.2, 0) is 14.4 Å². The van der Waals surface area contributed by atoms with E-state index < -0.39 is 23.6 Å². The van der Waals surface area contributed by atoms with Gasteiger partial charge in [0.25, 0.3) is 5.91 Å². The van der Waals surface area contributed by atoms with Gasteiger partial charge in [0.15, 0.2) is 11.5 Å². The summed E-state index contributed by atoms with van der Waals surface area (Å²) in [5.41, 5.74) is 9.07. The quantitative estimate of drug-likeness (QED) is 0.112. The normalized spacial score (nSPS) is 15.2. The minimum atomic E-state index is -0.922. The summed E-state index contributed by atoms with van der Waals surface area (Å²) in [6.45, 7) is 12.3. The second kappa shape index (κ2) is 20.4. The molecule has 1 aliphatic heterocycles. The highest BCUT2D eigenvalue weighted by Crippen LogP contribution is 2.44. The molecule has 0 aliphatic carbocycles. The van der Waals surface area contributed by atoms with Crippen molar-refractivity contribution < 1.29 is 29.4 Å². The Labute approximate surface area is 319 Å². The van der Waals surface area contributed by atoms with E-state index in [0.717, 1.165) is 56.6 Å². The third-order valence-corrected chi connectivity index (χ3v) is 10.1. The van der Waals surface area contributed by atoms with Gasteiger partial charge in [-0.05, 0) is 86.8 Å². The van der Waals surface area contributed by atoms with Gasteiger partial charge in [0.2, 0.25) is 17.7 Å². The summed E-state index contributed by atoms with van der Waals surface area (Å²) in [6, 6.07) is 18.5. The van der Waals surface area contributed by atoms with E-state index in [1.54, 1.807) is 30.3 Å². The number of anilines is 1. The number of hydrogen-bond acceptors (Lipinski definition) is 8. The van der Waals surface area contributed by atoms with Crippen LogP contribution in [0.3, 0.4) is 0 Å². The van der Waals surface area contributed by atoms with Crippen LogP contribution in [0.15, 0.2) is 66.7 Å². The number of carbonyl (C=O) groups excluding carboxylic acids is 4. The molecule has 3 aromatic rings. The van der Waals surface area contributed by atoms with Crippen molar-refractivity contribution in [3.63, 3.8) is 0 Å². The van der Waals surface area contributed by atoms with Gasteiger partial charge in [0, 0.05) is 56.9 Å². The number of phenolic OH excluding ortho intramolecular Hbond substituents is 2. The van der Waals surface area contributed by atoms with Crippen LogP contribution in [0.5, 0.6) is 11.5 Å². The van der Waals surface area contributed by atoms with Gasteiger partial charge in [-0.2, -0.15) is 0 Å². The van der Waals surface area contributed by atoms with E-state index in [-0.39, 0.29) is 43.0 Å². The Morgan fingerprint density at radius 2 is 1.57 bits per heavy atom. The number of carbonyl (C=O) groups is 4. The van der Waals surface area contributed by atoms with Crippen molar-refractivity contribution in [1.29, 1.82) is 0 Å². The second-order valence-corrected chi connectivity index (χ2v) is 14.0. The number of nitrogens with two attached hydrogens (primary N) is 1. The molecule has 0 saturated heterocycles. The predicted molar refractivity (Wildman–Crippen MR) is 211 cm³/mol. The van der Waals surface area contributed by atoms with E-state index in [4.69, 9.17) is 5.73 Å². The monoisotopic (exact) mass is 742 g/mol. The molecule has 12 heteroatoms. The smallest absolute Gasteiger partial charge is 0.254 e. The fourth-order valence-electron chi connectivity index (χ4n) is 7.15. The molecule has 292 valence electrons. The van der Waals surface area contributed by atoms with Gasteiger partial charge in [0.1, 0.15) is 0 Å². The fraction of sp³-hybridized carbons (Fsp3) is 0.476. The van der Waals surface area contributed by atoms with E-state index >= 15 is 0 Å². The molecule has 1 heterocycles. The number of benzene rings is 3. The van der Waals surface area contributed by atoms with Crippen LogP contribution in [0.25, 0.3) is 0 Å². The number of phenols is 2. The minimum Gasteiger partial charge on any atom is -0.504 e. The van der Waals surface area contributed by atoms with Gasteiger partial charge in [-0.1, -0.05) is 63.1 Å². The highest BCUT2D eigenvalue weighted by molar-refractivity contribution is 6.01. The number of unbranched alkanes of at least 4 members (excludes halogenated alkanes) is 2. The largest absolute Gasteiger partial charge is 0.504 e. The Morgan fingerprint density at radius 1 is 0.852 bits per heavy atom. The molecule has 4 amide bonds. The van der Waals surface area contributed by atoms with Crippen LogP contribution >= 0.6 is 0 Å². The standard InChI is InChI=1S/C42H58N6O6/c1-5-8-21-45(22-9-6-2)25-26-47(29-37(43)51)38(52)19-23-48-40(31-17-18-35(49)36(50)28-31)39(33-15-10-11-16-34(33)42(48)54)41(53)44-20-24-46(7-3)32-14-12-13-30(4)27-32/h10-18,27-28,39-40,49-50H,5-9,19-26,29H2,1-4H3,(H2,43,51)(H,44,53). The van der Waals surface area contributed by atoms with Crippen molar-refractivity contribution in [2.75, 3.05) is 63.8 Å². The molecule has 4 rings (SSSR count). The summed E-state index contributed by atoms with van der Waals surface area (Å²) in [7, 11) is 0. The zero-order valence-corrected chi connectivity index (χ0v) is 32.3. The summed E-state index contributed by atoms with van der Waals surface area (Å²) >= 11 is 0. The zero-order chi connectivity index (χ0) is 39.2. The lowest BCUT2D eigenvalue weighted by molar-refractivity contribution is -0.135. The molecule has 0 saturated carbocycles. The average molecular weight is 743 g/mol. The maximum atomic E-state index is 14.4. The topological polar surface area (TPSA) is 160 Å². The Kier molecular flexibility index (Phi) is 15.7. The van der Waals surface area contributed by atoms with E-state index in [1.807, 2.05) is 25.1 Å². The van der Waals surface area contributed by atoms with E-state index in [2.05, 4.69) is 42.0 Å². The van der Waals surface area contributed by atoms with Crippen LogP contribution in [0, 0.1) is 6.92 Å². The van der Waals surface area contributed by atoms with Crippen molar-refractivity contribution in [1.82, 2.24) is 20.0 Å². The summed E-state index contributed by atoms with van der Waals surface area (Å²) in [6.07, 6.45) is 4.02. The number of hydrogen-bond donors (Lipinski definition) is 4. The number of aryl methyl sites for hydroxylation is 1. The summed E-state index contributed by atoms with van der Waals surface area (Å²) in [4.78, 5) is 62.0. The number of nitrogens with one attached hydrogen (secondary N) is 1. The van der Waals surface area contributed by atoms with E-state index in [0.29, 0.717) is 42.9 Å². The van der Waals surface area contributed by atoms with Crippen molar-refractivity contribution >= 4 is 29.3 Å². The molecule has 0 aromatic heterocycles. The summed E-state index contributed by atoms with van der Waals surface area (Å²) in [5.74, 6) is -3.29. The molecule has 3 aromatic carbocycles. The van der Waals surface area contributed by atoms with Crippen molar-refractivity contribution in [2.45, 2.75) is 71.8 Å². The van der Waals surface area contributed by atoms with E-state index in [9.17, 15) is 29.4 Å². The zero-order valence-electron chi connectivity index (χ0n) is 32.3. The molecule has 0 bridgehead atoms. The van der Waals surface area contributed by atoms with Crippen LogP contribution < -0.4 is 16.0 Å². The molecular weight excluding hydrogens is 684 g/mol. The second-order valence-electron chi connectivity index (χ2n) is 14.0. The highest BCUT2D eigenvalue weighted by atomic mass is 16.3. The van der Waals surface area contributed by atoms with Crippen LogP contribution in [0.2, 0.25) is 0 Å². The lowest BCUT2D eigenvalue weighted by Gasteiger charge is -2.42. The van der Waals surface area contributed by atoms with Gasteiger partial charge < -0.3 is 40.9 Å². The Hall–Kier alpha value is -5.10.